The molecule has 0 spiro atoms. The van der Waals surface area contributed by atoms with Crippen LogP contribution in [0.5, 0.6) is 5.75 Å². The molecule has 0 unspecified atom stereocenters. The van der Waals surface area contributed by atoms with E-state index >= 15 is 0 Å². The second-order valence-electron chi connectivity index (χ2n) is 2.36. The van der Waals surface area contributed by atoms with Crippen LogP contribution in [-0.4, -0.2) is 15.5 Å². The van der Waals surface area contributed by atoms with Crippen molar-refractivity contribution in [3.63, 3.8) is 0 Å². The zero-order valence-corrected chi connectivity index (χ0v) is 8.49. The number of hydrogen-bond donors (Lipinski definition) is 0. The zero-order valence-electron chi connectivity index (χ0n) is 6.92. The van der Waals surface area contributed by atoms with E-state index in [2.05, 4.69) is 4.74 Å². The van der Waals surface area contributed by atoms with Crippen molar-refractivity contribution in [2.24, 2.45) is 0 Å². The predicted molar refractivity (Wildman–Crippen MR) is 45.9 cm³/mol. The van der Waals surface area contributed by atoms with Gasteiger partial charge in [-0.2, -0.15) is 0 Å². The van der Waals surface area contributed by atoms with Gasteiger partial charge in [0.15, 0.2) is 11.6 Å². The van der Waals surface area contributed by atoms with Gasteiger partial charge in [-0.3, -0.25) is 0 Å². The maximum atomic E-state index is 12.9. The van der Waals surface area contributed by atoms with Gasteiger partial charge in [-0.25, -0.2) is 17.2 Å². The van der Waals surface area contributed by atoms with Gasteiger partial charge < -0.3 is 4.74 Å². The van der Waals surface area contributed by atoms with Gasteiger partial charge in [0.05, 0.1) is 7.11 Å². The molecule has 14 heavy (non-hydrogen) atoms. The second kappa shape index (κ2) is 3.70. The minimum atomic E-state index is -4.23. The van der Waals surface area contributed by atoms with Crippen molar-refractivity contribution in [1.82, 2.24) is 0 Å². The molecular weight excluding hydrogens is 238 g/mol. The van der Waals surface area contributed by atoms with E-state index in [0.717, 1.165) is 7.11 Å². The molecular formula is C7H5ClF2O3S. The summed E-state index contributed by atoms with van der Waals surface area (Å²) in [6, 6.07) is 1.08. The molecule has 78 valence electrons. The zero-order chi connectivity index (χ0) is 10.9. The smallest absolute Gasteiger partial charge is 0.264 e. The standard InChI is InChI=1S/C7H5ClF2O3S/c1-13-6-3-7(14(8,11)12)5(10)2-4(6)9/h2-3H,1H3. The third kappa shape index (κ3) is 2.13. The monoisotopic (exact) mass is 242 g/mol. The molecule has 1 aromatic carbocycles. The number of benzene rings is 1. The quantitative estimate of drug-likeness (QED) is 0.744. The Morgan fingerprint density at radius 2 is 1.86 bits per heavy atom. The Morgan fingerprint density at radius 1 is 1.29 bits per heavy atom. The number of methoxy groups -OCH3 is 1. The highest BCUT2D eigenvalue weighted by Crippen LogP contribution is 2.26. The first-order chi connectivity index (χ1) is 6.36. The Balaban J connectivity index is 3.47. The van der Waals surface area contributed by atoms with Crippen LogP contribution in [-0.2, 0) is 9.05 Å². The van der Waals surface area contributed by atoms with E-state index in [1.54, 1.807) is 0 Å². The molecule has 1 aromatic rings. The minimum absolute atomic E-state index is 0.384. The maximum Gasteiger partial charge on any atom is 0.264 e. The number of halogens is 3. The van der Waals surface area contributed by atoms with Gasteiger partial charge in [0.1, 0.15) is 10.7 Å². The van der Waals surface area contributed by atoms with Gasteiger partial charge >= 0.3 is 0 Å². The predicted octanol–water partition coefficient (Wildman–Crippen LogP) is 1.90. The molecule has 0 aliphatic heterocycles. The lowest BCUT2D eigenvalue weighted by atomic mass is 10.3. The summed E-state index contributed by atoms with van der Waals surface area (Å²) in [6.07, 6.45) is 0. The molecule has 0 amide bonds. The number of rotatable bonds is 2. The average molecular weight is 243 g/mol. The summed E-state index contributed by atoms with van der Waals surface area (Å²) in [5, 5.41) is 0. The van der Waals surface area contributed by atoms with E-state index in [0.29, 0.717) is 12.1 Å². The average Bonchev–Trinajstić information content (AvgIpc) is 2.02. The van der Waals surface area contributed by atoms with Crippen LogP contribution in [0, 0.1) is 11.6 Å². The van der Waals surface area contributed by atoms with Crippen LogP contribution >= 0.6 is 10.7 Å². The van der Waals surface area contributed by atoms with E-state index in [9.17, 15) is 17.2 Å². The Morgan fingerprint density at radius 3 is 2.29 bits per heavy atom. The first kappa shape index (κ1) is 11.2. The summed E-state index contributed by atoms with van der Waals surface area (Å²) >= 11 is 0. The van der Waals surface area contributed by atoms with Crippen LogP contribution in [0.25, 0.3) is 0 Å². The van der Waals surface area contributed by atoms with Crippen LogP contribution in [0.4, 0.5) is 8.78 Å². The largest absolute Gasteiger partial charge is 0.494 e. The summed E-state index contributed by atoms with van der Waals surface area (Å²) in [5.41, 5.74) is 0. The van der Waals surface area contributed by atoms with E-state index in [4.69, 9.17) is 10.7 Å². The van der Waals surface area contributed by atoms with Crippen LogP contribution in [0.15, 0.2) is 17.0 Å². The van der Waals surface area contributed by atoms with Crippen molar-refractivity contribution in [3.8, 4) is 5.75 Å². The molecule has 0 N–H and O–H groups in total. The highest BCUT2D eigenvalue weighted by atomic mass is 35.7. The fourth-order valence-electron chi connectivity index (χ4n) is 0.854. The van der Waals surface area contributed by atoms with Crippen LogP contribution in [0.1, 0.15) is 0 Å². The molecule has 1 rings (SSSR count). The molecule has 0 heterocycles. The van der Waals surface area contributed by atoms with E-state index in [-0.39, 0.29) is 5.75 Å². The van der Waals surface area contributed by atoms with E-state index < -0.39 is 25.6 Å². The Labute approximate surface area is 83.7 Å². The molecule has 0 saturated carbocycles. The third-order valence-electron chi connectivity index (χ3n) is 1.47. The fourth-order valence-corrected chi connectivity index (χ4v) is 1.75. The van der Waals surface area contributed by atoms with Crippen molar-refractivity contribution < 1.29 is 21.9 Å². The van der Waals surface area contributed by atoms with Gasteiger partial charge in [-0.15, -0.1) is 0 Å². The lowest BCUT2D eigenvalue weighted by Gasteiger charge is -2.04. The summed E-state index contributed by atoms with van der Waals surface area (Å²) in [7, 11) is 1.79. The van der Waals surface area contributed by atoms with Crippen LogP contribution in [0.3, 0.4) is 0 Å². The molecule has 0 saturated heterocycles. The molecule has 0 fully saturated rings. The Bertz CT molecular complexity index is 458. The molecule has 0 bridgehead atoms. The Hall–Kier alpha value is -0.880. The van der Waals surface area contributed by atoms with Crippen LogP contribution in [0.2, 0.25) is 0 Å². The lowest BCUT2D eigenvalue weighted by Crippen LogP contribution is -1.98. The Kier molecular flexibility index (Phi) is 2.96. The molecule has 0 atom stereocenters. The lowest BCUT2D eigenvalue weighted by molar-refractivity contribution is 0.381. The van der Waals surface area contributed by atoms with Gasteiger partial charge in [0.2, 0.25) is 0 Å². The number of hydrogen-bond acceptors (Lipinski definition) is 3. The fraction of sp³-hybridized carbons (Fsp3) is 0.143. The number of ether oxygens (including phenoxy) is 1. The van der Waals surface area contributed by atoms with Gasteiger partial charge in [-0.05, 0) is 0 Å². The third-order valence-corrected chi connectivity index (χ3v) is 2.81. The summed E-state index contributed by atoms with van der Waals surface area (Å²) in [5.74, 6) is -2.63. The highest BCUT2D eigenvalue weighted by Gasteiger charge is 2.19. The molecule has 0 aliphatic carbocycles. The van der Waals surface area contributed by atoms with Crippen molar-refractivity contribution in [3.05, 3.63) is 23.8 Å². The minimum Gasteiger partial charge on any atom is -0.494 e. The van der Waals surface area contributed by atoms with Crippen LogP contribution < -0.4 is 4.74 Å². The van der Waals surface area contributed by atoms with Gasteiger partial charge in [-0.1, -0.05) is 0 Å². The van der Waals surface area contributed by atoms with Gasteiger partial charge in [0.25, 0.3) is 9.05 Å². The maximum absolute atomic E-state index is 12.9. The highest BCUT2D eigenvalue weighted by molar-refractivity contribution is 8.13. The molecule has 0 aromatic heterocycles. The molecule has 0 radical (unpaired) electrons. The van der Waals surface area contributed by atoms with Crippen molar-refractivity contribution in [2.75, 3.05) is 7.11 Å². The van der Waals surface area contributed by atoms with Crippen molar-refractivity contribution in [1.29, 1.82) is 0 Å². The summed E-state index contributed by atoms with van der Waals surface area (Å²) in [6.45, 7) is 0. The van der Waals surface area contributed by atoms with E-state index in [1.165, 1.54) is 0 Å². The summed E-state index contributed by atoms with van der Waals surface area (Å²) < 4.78 is 51.8. The normalized spacial score (nSPS) is 11.4. The topological polar surface area (TPSA) is 43.4 Å². The van der Waals surface area contributed by atoms with Crippen molar-refractivity contribution in [2.45, 2.75) is 4.90 Å². The first-order valence-electron chi connectivity index (χ1n) is 3.34. The van der Waals surface area contributed by atoms with Gasteiger partial charge in [0, 0.05) is 22.8 Å². The molecule has 7 heteroatoms. The summed E-state index contributed by atoms with van der Waals surface area (Å²) in [4.78, 5) is -0.808. The molecule has 3 nitrogen and oxygen atoms in total. The SMILES string of the molecule is COc1cc(S(=O)(=O)Cl)c(F)cc1F. The van der Waals surface area contributed by atoms with E-state index in [1.807, 2.05) is 0 Å². The molecule has 0 aliphatic rings. The second-order valence-corrected chi connectivity index (χ2v) is 4.89. The first-order valence-corrected chi connectivity index (χ1v) is 5.65. The van der Waals surface area contributed by atoms with Crippen molar-refractivity contribution >= 4 is 19.7 Å².